The molecule has 0 bridgehead atoms. The summed E-state index contributed by atoms with van der Waals surface area (Å²) in [6.45, 7) is 1.81. The van der Waals surface area contributed by atoms with Crippen molar-refractivity contribution in [3.8, 4) is 11.8 Å². The molecule has 108 valence electrons. The first-order chi connectivity index (χ1) is 10.2. The van der Waals surface area contributed by atoms with Crippen LogP contribution in [0, 0.1) is 11.8 Å². The molecule has 0 saturated heterocycles. The summed E-state index contributed by atoms with van der Waals surface area (Å²) in [5, 5.41) is 11.6. The number of carbonyl (C=O) groups excluding carboxylic acids is 1. The van der Waals surface area contributed by atoms with Crippen molar-refractivity contribution >= 4 is 5.91 Å². The summed E-state index contributed by atoms with van der Waals surface area (Å²) in [6.07, 6.45) is 4.15. The van der Waals surface area contributed by atoms with E-state index in [2.05, 4.69) is 27.1 Å². The molecule has 3 N–H and O–H groups in total. The minimum atomic E-state index is -0.177. The van der Waals surface area contributed by atoms with Gasteiger partial charge in [0.25, 0.3) is 5.91 Å². The van der Waals surface area contributed by atoms with E-state index in [1.807, 2.05) is 6.92 Å². The predicted octanol–water partition coefficient (Wildman–Crippen LogP) is 1.63. The van der Waals surface area contributed by atoms with Gasteiger partial charge in [-0.05, 0) is 30.7 Å². The number of aromatic nitrogens is 2. The average Bonchev–Trinajstić information content (AvgIpc) is 3.05. The van der Waals surface area contributed by atoms with E-state index in [9.17, 15) is 4.79 Å². The molecule has 0 aliphatic rings. The highest BCUT2D eigenvalue weighted by molar-refractivity contribution is 5.94. The first-order valence-corrected chi connectivity index (χ1v) is 6.74. The number of benzene rings is 1. The van der Waals surface area contributed by atoms with Gasteiger partial charge in [-0.25, -0.2) is 4.98 Å². The summed E-state index contributed by atoms with van der Waals surface area (Å²) in [4.78, 5) is 19.4. The van der Waals surface area contributed by atoms with E-state index in [0.29, 0.717) is 5.56 Å². The van der Waals surface area contributed by atoms with Crippen molar-refractivity contribution in [2.75, 3.05) is 6.61 Å². The van der Waals surface area contributed by atoms with Crippen molar-refractivity contribution in [1.29, 1.82) is 0 Å². The van der Waals surface area contributed by atoms with Crippen molar-refractivity contribution in [2.45, 2.75) is 19.4 Å². The van der Waals surface area contributed by atoms with Gasteiger partial charge in [0.15, 0.2) is 0 Å². The number of carbonyl (C=O) groups is 1. The van der Waals surface area contributed by atoms with Crippen LogP contribution in [0.25, 0.3) is 0 Å². The van der Waals surface area contributed by atoms with Crippen molar-refractivity contribution in [3.05, 3.63) is 53.6 Å². The van der Waals surface area contributed by atoms with Gasteiger partial charge in [-0.3, -0.25) is 4.79 Å². The number of amides is 1. The maximum absolute atomic E-state index is 12.2. The van der Waals surface area contributed by atoms with Crippen molar-refractivity contribution < 1.29 is 9.90 Å². The van der Waals surface area contributed by atoms with E-state index in [4.69, 9.17) is 5.11 Å². The second-order valence-electron chi connectivity index (χ2n) is 4.45. The molecule has 2 rings (SSSR count). The van der Waals surface area contributed by atoms with Crippen molar-refractivity contribution in [2.24, 2.45) is 0 Å². The number of hydrogen-bond donors (Lipinski definition) is 3. The molecule has 1 amide bonds. The molecule has 2 aromatic rings. The number of nitrogens with zero attached hydrogens (tertiary/aromatic N) is 1. The van der Waals surface area contributed by atoms with E-state index in [-0.39, 0.29) is 18.6 Å². The summed E-state index contributed by atoms with van der Waals surface area (Å²) >= 11 is 0. The number of imidazole rings is 1. The molecule has 1 heterocycles. The highest BCUT2D eigenvalue weighted by Crippen LogP contribution is 2.13. The summed E-state index contributed by atoms with van der Waals surface area (Å²) in [7, 11) is 0. The van der Waals surface area contributed by atoms with Gasteiger partial charge in [-0.2, -0.15) is 0 Å². The van der Waals surface area contributed by atoms with Crippen LogP contribution in [-0.4, -0.2) is 27.6 Å². The monoisotopic (exact) mass is 283 g/mol. The fourth-order valence-electron chi connectivity index (χ4n) is 1.92. The molecule has 0 radical (unpaired) electrons. The number of hydrogen-bond acceptors (Lipinski definition) is 3. The molecule has 0 fully saturated rings. The molecule has 1 aromatic heterocycles. The Morgan fingerprint density at radius 3 is 2.76 bits per heavy atom. The molecule has 1 atom stereocenters. The third-order valence-corrected chi connectivity index (χ3v) is 3.02. The molecule has 21 heavy (non-hydrogen) atoms. The number of aliphatic hydroxyl groups excluding tert-OH is 1. The molecule has 0 aliphatic carbocycles. The van der Waals surface area contributed by atoms with Gasteiger partial charge >= 0.3 is 0 Å². The normalized spacial score (nSPS) is 11.3. The molecular formula is C16H17N3O2. The third kappa shape index (κ3) is 3.94. The topological polar surface area (TPSA) is 78.0 Å². The zero-order chi connectivity index (χ0) is 15.1. The van der Waals surface area contributed by atoms with Gasteiger partial charge in [0.2, 0.25) is 0 Å². The number of H-pyrrole nitrogens is 1. The Morgan fingerprint density at radius 2 is 2.19 bits per heavy atom. The van der Waals surface area contributed by atoms with E-state index >= 15 is 0 Å². The number of nitrogens with one attached hydrogen (secondary N) is 2. The lowest BCUT2D eigenvalue weighted by atomic mass is 10.1. The van der Waals surface area contributed by atoms with Gasteiger partial charge in [0, 0.05) is 23.5 Å². The van der Waals surface area contributed by atoms with Gasteiger partial charge in [0.05, 0.1) is 6.04 Å². The smallest absolute Gasteiger partial charge is 0.251 e. The molecular weight excluding hydrogens is 266 g/mol. The maximum Gasteiger partial charge on any atom is 0.251 e. The largest absolute Gasteiger partial charge is 0.384 e. The Balaban J connectivity index is 2.06. The Morgan fingerprint density at radius 1 is 1.43 bits per heavy atom. The second-order valence-corrected chi connectivity index (χ2v) is 4.45. The van der Waals surface area contributed by atoms with Gasteiger partial charge in [-0.1, -0.05) is 18.8 Å². The summed E-state index contributed by atoms with van der Waals surface area (Å²) in [5.74, 6) is 5.95. The van der Waals surface area contributed by atoms with Crippen LogP contribution in [0.1, 0.15) is 41.1 Å². The van der Waals surface area contributed by atoms with Crippen LogP contribution in [0.5, 0.6) is 0 Å². The zero-order valence-corrected chi connectivity index (χ0v) is 11.8. The number of aliphatic hydroxyl groups is 1. The summed E-state index contributed by atoms with van der Waals surface area (Å²) in [6, 6.07) is 6.80. The van der Waals surface area contributed by atoms with Gasteiger partial charge in [0.1, 0.15) is 12.4 Å². The Bertz CT molecular complexity index is 636. The van der Waals surface area contributed by atoms with Crippen LogP contribution in [0.15, 0.2) is 36.7 Å². The predicted molar refractivity (Wildman–Crippen MR) is 79.5 cm³/mol. The molecule has 1 unspecified atom stereocenters. The first kappa shape index (κ1) is 14.8. The SMILES string of the molecule is CCC(NC(=O)c1ccc(C#CCO)cc1)c1ncc[nH]1. The lowest BCUT2D eigenvalue weighted by Gasteiger charge is -2.14. The van der Waals surface area contributed by atoms with Crippen LogP contribution < -0.4 is 5.32 Å². The highest BCUT2D eigenvalue weighted by Gasteiger charge is 2.15. The van der Waals surface area contributed by atoms with Crippen molar-refractivity contribution in [1.82, 2.24) is 15.3 Å². The first-order valence-electron chi connectivity index (χ1n) is 6.74. The van der Waals surface area contributed by atoms with Crippen LogP contribution in [0.3, 0.4) is 0 Å². The number of aromatic amines is 1. The summed E-state index contributed by atoms with van der Waals surface area (Å²) < 4.78 is 0. The third-order valence-electron chi connectivity index (χ3n) is 3.02. The standard InChI is InChI=1S/C16H17N3O2/c1-2-14(15-17-9-10-18-15)19-16(21)13-7-5-12(6-8-13)4-3-11-20/h5-10,14,20H,2,11H2,1H3,(H,17,18)(H,19,21). The van der Waals surface area contributed by atoms with Crippen LogP contribution in [0.4, 0.5) is 0 Å². The zero-order valence-electron chi connectivity index (χ0n) is 11.8. The Labute approximate surface area is 123 Å². The molecule has 0 saturated carbocycles. The van der Waals surface area contributed by atoms with Gasteiger partial charge in [-0.15, -0.1) is 0 Å². The molecule has 5 heteroatoms. The molecule has 1 aromatic carbocycles. The van der Waals surface area contributed by atoms with E-state index in [1.54, 1.807) is 36.7 Å². The fourth-order valence-corrected chi connectivity index (χ4v) is 1.92. The van der Waals surface area contributed by atoms with Crippen LogP contribution in [0.2, 0.25) is 0 Å². The van der Waals surface area contributed by atoms with E-state index in [1.165, 1.54) is 0 Å². The maximum atomic E-state index is 12.2. The van der Waals surface area contributed by atoms with E-state index < -0.39 is 0 Å². The fraction of sp³-hybridized carbons (Fsp3) is 0.250. The molecule has 0 spiro atoms. The lowest BCUT2D eigenvalue weighted by Crippen LogP contribution is -2.28. The average molecular weight is 283 g/mol. The minimum Gasteiger partial charge on any atom is -0.384 e. The minimum absolute atomic E-state index is 0.138. The molecule has 5 nitrogen and oxygen atoms in total. The second kappa shape index (κ2) is 7.27. The van der Waals surface area contributed by atoms with Crippen LogP contribution >= 0.6 is 0 Å². The van der Waals surface area contributed by atoms with Crippen molar-refractivity contribution in [3.63, 3.8) is 0 Å². The van der Waals surface area contributed by atoms with E-state index in [0.717, 1.165) is 17.8 Å². The molecule has 0 aliphatic heterocycles. The quantitative estimate of drug-likeness (QED) is 0.746. The lowest BCUT2D eigenvalue weighted by molar-refractivity contribution is 0.0934. The Kier molecular flexibility index (Phi) is 5.13. The summed E-state index contributed by atoms with van der Waals surface area (Å²) in [5.41, 5.74) is 1.33. The number of rotatable bonds is 4. The van der Waals surface area contributed by atoms with Gasteiger partial charge < -0.3 is 15.4 Å². The van der Waals surface area contributed by atoms with Crippen LogP contribution in [-0.2, 0) is 0 Å². The highest BCUT2D eigenvalue weighted by atomic mass is 16.2. The Hall–Kier alpha value is -2.58.